The average Bonchev–Trinajstić information content (AvgIpc) is 2.55. The van der Waals surface area contributed by atoms with E-state index in [-0.39, 0.29) is 17.1 Å². The molecular formula is C15H14ClN3O2S. The van der Waals surface area contributed by atoms with Gasteiger partial charge in [-0.3, -0.25) is 25.4 Å². The number of nitrogens with one attached hydrogen (secondary N) is 2. The molecule has 1 atom stereocenters. The van der Waals surface area contributed by atoms with E-state index >= 15 is 0 Å². The van der Waals surface area contributed by atoms with Crippen LogP contribution in [0.5, 0.6) is 0 Å². The Labute approximate surface area is 137 Å². The Balaban J connectivity index is 1.84. The fourth-order valence-corrected chi connectivity index (χ4v) is 2.56. The average molecular weight is 336 g/mol. The van der Waals surface area contributed by atoms with Crippen LogP contribution >= 0.6 is 23.4 Å². The Kier molecular flexibility index (Phi) is 5.80. The van der Waals surface area contributed by atoms with Crippen molar-refractivity contribution in [1.82, 2.24) is 15.8 Å². The molecule has 0 saturated heterocycles. The van der Waals surface area contributed by atoms with Crippen LogP contribution in [-0.2, 0) is 4.79 Å². The zero-order valence-electron chi connectivity index (χ0n) is 11.7. The number of thioether (sulfide) groups is 1. The number of rotatable bonds is 4. The molecule has 1 aromatic carbocycles. The highest BCUT2D eigenvalue weighted by atomic mass is 35.5. The van der Waals surface area contributed by atoms with Crippen molar-refractivity contribution in [3.05, 3.63) is 59.4 Å². The molecule has 2 rings (SSSR count). The topological polar surface area (TPSA) is 71.1 Å². The number of amides is 2. The minimum atomic E-state index is -0.389. The minimum absolute atomic E-state index is 0.289. The summed E-state index contributed by atoms with van der Waals surface area (Å²) in [5.74, 6) is -0.679. The Bertz CT molecular complexity index is 650. The van der Waals surface area contributed by atoms with Gasteiger partial charge in [0.2, 0.25) is 0 Å². The molecule has 22 heavy (non-hydrogen) atoms. The van der Waals surface area contributed by atoms with E-state index in [1.54, 1.807) is 31.2 Å². The van der Waals surface area contributed by atoms with Crippen molar-refractivity contribution >= 4 is 35.2 Å². The van der Waals surface area contributed by atoms with E-state index in [1.807, 2.05) is 12.1 Å². The molecule has 2 aromatic rings. The molecule has 0 unspecified atom stereocenters. The number of nitrogens with zero attached hydrogens (tertiary/aromatic N) is 1. The van der Waals surface area contributed by atoms with Crippen LogP contribution in [0.4, 0.5) is 0 Å². The van der Waals surface area contributed by atoms with Crippen LogP contribution in [0.1, 0.15) is 17.3 Å². The molecular weight excluding hydrogens is 322 g/mol. The van der Waals surface area contributed by atoms with Gasteiger partial charge < -0.3 is 0 Å². The molecule has 0 fully saturated rings. The van der Waals surface area contributed by atoms with E-state index < -0.39 is 0 Å². The highest BCUT2D eigenvalue weighted by Crippen LogP contribution is 2.24. The summed E-state index contributed by atoms with van der Waals surface area (Å²) >= 11 is 7.19. The molecule has 0 spiro atoms. The van der Waals surface area contributed by atoms with E-state index in [0.29, 0.717) is 10.6 Å². The second-order valence-corrected chi connectivity index (χ2v) is 6.24. The third-order valence-corrected chi connectivity index (χ3v) is 4.10. The SMILES string of the molecule is C[C@H](Sc1ccc(Cl)cc1)C(=O)NNC(=O)c1ccncc1. The van der Waals surface area contributed by atoms with Gasteiger partial charge in [-0.1, -0.05) is 11.6 Å². The first-order valence-corrected chi connectivity index (χ1v) is 7.74. The van der Waals surface area contributed by atoms with Crippen LogP contribution in [0, 0.1) is 0 Å². The Hall–Kier alpha value is -2.05. The summed E-state index contributed by atoms with van der Waals surface area (Å²) in [6.45, 7) is 1.76. The number of benzene rings is 1. The Morgan fingerprint density at radius 2 is 1.73 bits per heavy atom. The number of carbonyl (C=O) groups is 2. The molecule has 0 aliphatic carbocycles. The van der Waals surface area contributed by atoms with E-state index in [9.17, 15) is 9.59 Å². The highest BCUT2D eigenvalue weighted by Gasteiger charge is 2.15. The standard InChI is InChI=1S/C15H14ClN3O2S/c1-10(22-13-4-2-12(16)3-5-13)14(20)18-19-15(21)11-6-8-17-9-7-11/h2-10H,1H3,(H,18,20)(H,19,21)/t10-/m0/s1. The number of hydrogen-bond donors (Lipinski definition) is 2. The maximum absolute atomic E-state index is 12.0. The molecule has 0 aliphatic heterocycles. The number of hydrogen-bond acceptors (Lipinski definition) is 4. The zero-order chi connectivity index (χ0) is 15.9. The molecule has 0 bridgehead atoms. The first-order chi connectivity index (χ1) is 10.6. The number of aromatic nitrogens is 1. The molecule has 0 radical (unpaired) electrons. The molecule has 7 heteroatoms. The normalized spacial score (nSPS) is 11.5. The maximum atomic E-state index is 12.0. The van der Waals surface area contributed by atoms with Crippen molar-refractivity contribution in [2.75, 3.05) is 0 Å². The summed E-state index contributed by atoms with van der Waals surface area (Å²) in [4.78, 5) is 28.5. The predicted octanol–water partition coefficient (Wildman–Crippen LogP) is 2.68. The van der Waals surface area contributed by atoms with Crippen molar-refractivity contribution in [3.63, 3.8) is 0 Å². The molecule has 114 valence electrons. The number of halogens is 1. The minimum Gasteiger partial charge on any atom is -0.272 e. The zero-order valence-corrected chi connectivity index (χ0v) is 13.3. The van der Waals surface area contributed by atoms with E-state index in [1.165, 1.54) is 24.2 Å². The Morgan fingerprint density at radius 1 is 1.09 bits per heavy atom. The van der Waals surface area contributed by atoms with Crippen molar-refractivity contribution in [3.8, 4) is 0 Å². The lowest BCUT2D eigenvalue weighted by molar-refractivity contribution is -0.121. The van der Waals surface area contributed by atoms with Crippen LogP contribution in [0.3, 0.4) is 0 Å². The van der Waals surface area contributed by atoms with Gasteiger partial charge in [0.25, 0.3) is 11.8 Å². The number of carbonyl (C=O) groups excluding carboxylic acids is 2. The van der Waals surface area contributed by atoms with E-state index in [4.69, 9.17) is 11.6 Å². The predicted molar refractivity (Wildman–Crippen MR) is 86.6 cm³/mol. The summed E-state index contributed by atoms with van der Waals surface area (Å²) in [6.07, 6.45) is 3.02. The van der Waals surface area contributed by atoms with Crippen molar-refractivity contribution in [2.24, 2.45) is 0 Å². The highest BCUT2D eigenvalue weighted by molar-refractivity contribution is 8.00. The second-order valence-electron chi connectivity index (χ2n) is 4.39. The third kappa shape index (κ3) is 4.75. The van der Waals surface area contributed by atoms with Crippen molar-refractivity contribution < 1.29 is 9.59 Å². The van der Waals surface area contributed by atoms with Crippen LogP contribution in [0.2, 0.25) is 5.02 Å². The molecule has 2 amide bonds. The first-order valence-electron chi connectivity index (χ1n) is 6.48. The van der Waals surface area contributed by atoms with E-state index in [2.05, 4.69) is 15.8 Å². The number of pyridine rings is 1. The smallest absolute Gasteiger partial charge is 0.269 e. The van der Waals surface area contributed by atoms with Gasteiger partial charge in [0.05, 0.1) is 5.25 Å². The van der Waals surface area contributed by atoms with Gasteiger partial charge in [-0.05, 0) is 43.3 Å². The summed E-state index contributed by atoms with van der Waals surface area (Å²) in [7, 11) is 0. The number of hydrazine groups is 1. The molecule has 5 nitrogen and oxygen atoms in total. The lowest BCUT2D eigenvalue weighted by atomic mass is 10.3. The van der Waals surface area contributed by atoms with Gasteiger partial charge >= 0.3 is 0 Å². The fourth-order valence-electron chi connectivity index (χ4n) is 1.57. The third-order valence-electron chi connectivity index (χ3n) is 2.74. The van der Waals surface area contributed by atoms with Crippen LogP contribution < -0.4 is 10.9 Å². The van der Waals surface area contributed by atoms with Crippen molar-refractivity contribution in [2.45, 2.75) is 17.1 Å². The lowest BCUT2D eigenvalue weighted by Crippen LogP contribution is -2.44. The lowest BCUT2D eigenvalue weighted by Gasteiger charge is -2.12. The van der Waals surface area contributed by atoms with Crippen molar-refractivity contribution in [1.29, 1.82) is 0 Å². The van der Waals surface area contributed by atoms with Crippen LogP contribution in [-0.4, -0.2) is 22.0 Å². The molecule has 2 N–H and O–H groups in total. The van der Waals surface area contributed by atoms with Gasteiger partial charge in [0.15, 0.2) is 0 Å². The monoisotopic (exact) mass is 335 g/mol. The van der Waals surface area contributed by atoms with Crippen LogP contribution in [0.25, 0.3) is 0 Å². The van der Waals surface area contributed by atoms with Gasteiger partial charge in [-0.15, -0.1) is 11.8 Å². The van der Waals surface area contributed by atoms with Gasteiger partial charge in [0, 0.05) is 27.9 Å². The van der Waals surface area contributed by atoms with Gasteiger partial charge in [-0.2, -0.15) is 0 Å². The molecule has 0 aliphatic rings. The van der Waals surface area contributed by atoms with Gasteiger partial charge in [-0.25, -0.2) is 0 Å². The maximum Gasteiger partial charge on any atom is 0.269 e. The summed E-state index contributed by atoms with van der Waals surface area (Å²) in [5, 5.41) is 0.282. The van der Waals surface area contributed by atoms with Crippen LogP contribution in [0.15, 0.2) is 53.7 Å². The second kappa shape index (κ2) is 7.82. The first kappa shape index (κ1) is 16.3. The summed E-state index contributed by atoms with van der Waals surface area (Å²) in [6, 6.07) is 10.3. The largest absolute Gasteiger partial charge is 0.272 e. The fraction of sp³-hybridized carbons (Fsp3) is 0.133. The molecule has 1 heterocycles. The molecule has 0 saturated carbocycles. The summed E-state index contributed by atoms with van der Waals surface area (Å²) < 4.78 is 0. The van der Waals surface area contributed by atoms with E-state index in [0.717, 1.165) is 4.90 Å². The van der Waals surface area contributed by atoms with Gasteiger partial charge in [0.1, 0.15) is 0 Å². The quantitative estimate of drug-likeness (QED) is 0.665. The molecule has 1 aromatic heterocycles. The summed E-state index contributed by atoms with van der Waals surface area (Å²) in [5.41, 5.74) is 5.20. The Morgan fingerprint density at radius 3 is 2.36 bits per heavy atom.